The van der Waals surface area contributed by atoms with Crippen molar-refractivity contribution in [3.63, 3.8) is 0 Å². The zero-order valence-electron chi connectivity index (χ0n) is 15.9. The number of sulfonamides is 1. The lowest BCUT2D eigenvalue weighted by molar-refractivity contribution is 0.0954. The predicted molar refractivity (Wildman–Crippen MR) is 105 cm³/mol. The van der Waals surface area contributed by atoms with E-state index in [0.29, 0.717) is 22.7 Å². The normalized spacial score (nSPS) is 11.0. The highest BCUT2D eigenvalue weighted by Gasteiger charge is 2.21. The average molecular weight is 392 g/mol. The Bertz CT molecular complexity index is 912. The summed E-state index contributed by atoms with van der Waals surface area (Å²) in [5, 5.41) is 2.73. The van der Waals surface area contributed by atoms with E-state index in [9.17, 15) is 13.2 Å². The summed E-state index contributed by atoms with van der Waals surface area (Å²) in [6.07, 6.45) is 1.12. The van der Waals surface area contributed by atoms with Crippen LogP contribution < -0.4 is 19.1 Å². The van der Waals surface area contributed by atoms with Crippen LogP contribution in [0.2, 0.25) is 0 Å². The number of hydrogen-bond acceptors (Lipinski definition) is 5. The van der Waals surface area contributed by atoms with Crippen molar-refractivity contribution >= 4 is 21.6 Å². The quantitative estimate of drug-likeness (QED) is 0.745. The molecule has 1 amide bonds. The molecule has 0 fully saturated rings. The molecule has 2 aromatic rings. The predicted octanol–water partition coefficient (Wildman–Crippen LogP) is 2.21. The van der Waals surface area contributed by atoms with Crippen molar-refractivity contribution in [3.8, 4) is 11.5 Å². The Hall–Kier alpha value is -2.74. The molecule has 0 heterocycles. The van der Waals surface area contributed by atoms with Gasteiger partial charge in [0.1, 0.15) is 11.5 Å². The number of amides is 1. The van der Waals surface area contributed by atoms with E-state index >= 15 is 0 Å². The van der Waals surface area contributed by atoms with E-state index in [1.54, 1.807) is 36.4 Å². The van der Waals surface area contributed by atoms with E-state index in [2.05, 4.69) is 5.32 Å². The summed E-state index contributed by atoms with van der Waals surface area (Å²) in [5.74, 6) is 0.716. The molecule has 0 aliphatic carbocycles. The third-order valence-corrected chi connectivity index (χ3v) is 5.12. The highest BCUT2D eigenvalue weighted by Crippen LogP contribution is 2.30. The van der Waals surface area contributed by atoms with Crippen LogP contribution >= 0.6 is 0 Å². The van der Waals surface area contributed by atoms with Crippen LogP contribution in [0.1, 0.15) is 15.9 Å². The Labute approximate surface area is 160 Å². The van der Waals surface area contributed by atoms with Crippen molar-refractivity contribution < 1.29 is 22.7 Å². The van der Waals surface area contributed by atoms with Gasteiger partial charge in [0.05, 0.1) is 32.7 Å². The third-order valence-electron chi connectivity index (χ3n) is 3.94. The Balaban J connectivity index is 2.14. The van der Waals surface area contributed by atoms with E-state index in [1.807, 2.05) is 13.0 Å². The number of carbonyl (C=O) groups excluding carboxylic acids is 1. The Morgan fingerprint density at radius 3 is 2.48 bits per heavy atom. The van der Waals surface area contributed by atoms with Crippen LogP contribution in [-0.2, 0) is 10.0 Å². The summed E-state index contributed by atoms with van der Waals surface area (Å²) in [6.45, 7) is 2.09. The number of benzene rings is 2. The summed E-state index contributed by atoms with van der Waals surface area (Å²) in [7, 11) is -0.549. The molecule has 0 radical (unpaired) electrons. The number of anilines is 1. The van der Waals surface area contributed by atoms with Crippen molar-refractivity contribution in [2.24, 2.45) is 0 Å². The first-order chi connectivity index (χ1) is 12.8. The molecular weight excluding hydrogens is 368 g/mol. The molecule has 8 heteroatoms. The summed E-state index contributed by atoms with van der Waals surface area (Å²) < 4.78 is 36.2. The lowest BCUT2D eigenvalue weighted by Gasteiger charge is -2.24. The molecule has 1 N–H and O–H groups in total. The van der Waals surface area contributed by atoms with Gasteiger partial charge in [0, 0.05) is 12.1 Å². The number of ether oxygens (including phenoxy) is 2. The minimum Gasteiger partial charge on any atom is -0.497 e. The number of hydrogen-bond donors (Lipinski definition) is 1. The number of nitrogens with one attached hydrogen (secondary N) is 1. The number of rotatable bonds is 8. The van der Waals surface area contributed by atoms with Crippen LogP contribution in [0.25, 0.3) is 0 Å². The van der Waals surface area contributed by atoms with Gasteiger partial charge in [0.25, 0.3) is 5.91 Å². The molecule has 0 spiro atoms. The Kier molecular flexibility index (Phi) is 6.68. The van der Waals surface area contributed by atoms with Crippen LogP contribution in [-0.4, -0.2) is 47.9 Å². The van der Waals surface area contributed by atoms with Gasteiger partial charge in [0.15, 0.2) is 0 Å². The minimum absolute atomic E-state index is 0.0777. The maximum Gasteiger partial charge on any atom is 0.251 e. The highest BCUT2D eigenvalue weighted by atomic mass is 32.2. The van der Waals surface area contributed by atoms with Gasteiger partial charge in [-0.05, 0) is 42.8 Å². The SMILES string of the molecule is COc1cccc(C(=O)NCCN(c2cc(C)ccc2OC)S(C)(=O)=O)c1. The van der Waals surface area contributed by atoms with Gasteiger partial charge in [-0.15, -0.1) is 0 Å². The molecule has 146 valence electrons. The van der Waals surface area contributed by atoms with Crippen LogP contribution in [0.15, 0.2) is 42.5 Å². The molecule has 0 bridgehead atoms. The first-order valence-electron chi connectivity index (χ1n) is 8.31. The van der Waals surface area contributed by atoms with E-state index in [4.69, 9.17) is 9.47 Å². The number of aryl methyl sites for hydroxylation is 1. The van der Waals surface area contributed by atoms with E-state index < -0.39 is 10.0 Å². The fourth-order valence-corrected chi connectivity index (χ4v) is 3.52. The molecule has 0 saturated heterocycles. The van der Waals surface area contributed by atoms with Crippen molar-refractivity contribution in [2.45, 2.75) is 6.92 Å². The maximum atomic E-state index is 12.3. The van der Waals surface area contributed by atoms with E-state index in [-0.39, 0.29) is 19.0 Å². The topological polar surface area (TPSA) is 84.9 Å². The number of carbonyl (C=O) groups is 1. The van der Waals surface area contributed by atoms with Gasteiger partial charge in [-0.1, -0.05) is 12.1 Å². The van der Waals surface area contributed by atoms with Crippen LogP contribution in [0.4, 0.5) is 5.69 Å². The molecule has 0 atom stereocenters. The van der Waals surface area contributed by atoms with Crippen molar-refractivity contribution in [2.75, 3.05) is 37.9 Å². The zero-order chi connectivity index (χ0) is 20.0. The molecule has 0 saturated carbocycles. The second-order valence-electron chi connectivity index (χ2n) is 6.00. The average Bonchev–Trinajstić information content (AvgIpc) is 2.64. The largest absolute Gasteiger partial charge is 0.497 e. The van der Waals surface area contributed by atoms with Crippen molar-refractivity contribution in [1.29, 1.82) is 0 Å². The fourth-order valence-electron chi connectivity index (χ4n) is 2.60. The Morgan fingerprint density at radius 1 is 1.11 bits per heavy atom. The first-order valence-corrected chi connectivity index (χ1v) is 10.2. The molecule has 27 heavy (non-hydrogen) atoms. The third kappa shape index (κ3) is 5.37. The highest BCUT2D eigenvalue weighted by molar-refractivity contribution is 7.92. The lowest BCUT2D eigenvalue weighted by Crippen LogP contribution is -2.38. The summed E-state index contributed by atoms with van der Waals surface area (Å²) >= 11 is 0. The first kappa shape index (κ1) is 20.6. The minimum atomic E-state index is -3.56. The molecule has 0 aromatic heterocycles. The summed E-state index contributed by atoms with van der Waals surface area (Å²) in [5.41, 5.74) is 1.78. The van der Waals surface area contributed by atoms with E-state index in [1.165, 1.54) is 18.5 Å². The van der Waals surface area contributed by atoms with Gasteiger partial charge in [-0.25, -0.2) is 8.42 Å². The van der Waals surface area contributed by atoms with Gasteiger partial charge in [-0.2, -0.15) is 0 Å². The smallest absolute Gasteiger partial charge is 0.251 e. The summed E-state index contributed by atoms with van der Waals surface area (Å²) in [6, 6.07) is 12.0. The standard InChI is InChI=1S/C19H24N2O5S/c1-14-8-9-18(26-3)17(12-14)21(27(4,23)24)11-10-20-19(22)15-6-5-7-16(13-15)25-2/h5-9,12-13H,10-11H2,1-4H3,(H,20,22). The number of nitrogens with zero attached hydrogens (tertiary/aromatic N) is 1. The molecular formula is C19H24N2O5S. The molecule has 0 unspecified atom stereocenters. The van der Waals surface area contributed by atoms with Gasteiger partial charge < -0.3 is 14.8 Å². The second kappa shape index (κ2) is 8.77. The van der Waals surface area contributed by atoms with Gasteiger partial charge in [-0.3, -0.25) is 9.10 Å². The van der Waals surface area contributed by atoms with Crippen LogP contribution in [0, 0.1) is 6.92 Å². The monoisotopic (exact) mass is 392 g/mol. The number of methoxy groups -OCH3 is 2. The van der Waals surface area contributed by atoms with E-state index in [0.717, 1.165) is 11.8 Å². The molecule has 0 aliphatic heterocycles. The fraction of sp³-hybridized carbons (Fsp3) is 0.316. The molecule has 2 aromatic carbocycles. The van der Waals surface area contributed by atoms with Gasteiger partial charge in [0.2, 0.25) is 10.0 Å². The molecule has 7 nitrogen and oxygen atoms in total. The molecule has 2 rings (SSSR count). The second-order valence-corrected chi connectivity index (χ2v) is 7.91. The maximum absolute atomic E-state index is 12.3. The van der Waals surface area contributed by atoms with Gasteiger partial charge >= 0.3 is 0 Å². The summed E-state index contributed by atoms with van der Waals surface area (Å²) in [4.78, 5) is 12.3. The van der Waals surface area contributed by atoms with Crippen molar-refractivity contribution in [1.82, 2.24) is 5.32 Å². The van der Waals surface area contributed by atoms with Crippen molar-refractivity contribution in [3.05, 3.63) is 53.6 Å². The zero-order valence-corrected chi connectivity index (χ0v) is 16.7. The molecule has 0 aliphatic rings. The van der Waals surface area contributed by atoms with Crippen LogP contribution in [0.5, 0.6) is 11.5 Å². The Morgan fingerprint density at radius 2 is 1.85 bits per heavy atom. The van der Waals surface area contributed by atoms with Crippen LogP contribution in [0.3, 0.4) is 0 Å². The lowest BCUT2D eigenvalue weighted by atomic mass is 10.2.